The minimum atomic E-state index is -0.0978. The highest BCUT2D eigenvalue weighted by Gasteiger charge is 2.36. The lowest BCUT2D eigenvalue weighted by molar-refractivity contribution is 0.661. The zero-order valence-electron chi connectivity index (χ0n) is 27.4. The van der Waals surface area contributed by atoms with Crippen molar-refractivity contribution < 1.29 is 0 Å². The standard InChI is InChI=1S/C46H33N3/c1-46(2)40-22-20-32-11-6-7-14-38(32)44(40)39-21-19-36(28-41(39)46)35-12-8-13-37(27-35)43-29-42(33-23-25-47-26-24-33)48-45(49-43)34-17-15-31(16-18-34)30-9-4-3-5-10-30/h3-29H,1-2H3. The van der Waals surface area contributed by atoms with E-state index in [1.165, 1.54) is 44.2 Å². The maximum Gasteiger partial charge on any atom is 0.160 e. The molecule has 232 valence electrons. The summed E-state index contributed by atoms with van der Waals surface area (Å²) < 4.78 is 0. The minimum absolute atomic E-state index is 0.0978. The van der Waals surface area contributed by atoms with Crippen molar-refractivity contribution in [3.8, 4) is 67.3 Å². The molecule has 3 heteroatoms. The molecule has 49 heavy (non-hydrogen) atoms. The molecule has 0 fully saturated rings. The van der Waals surface area contributed by atoms with Gasteiger partial charge in [0.2, 0.25) is 0 Å². The number of pyridine rings is 1. The van der Waals surface area contributed by atoms with Gasteiger partial charge in [-0.1, -0.05) is 135 Å². The van der Waals surface area contributed by atoms with Crippen LogP contribution in [0.1, 0.15) is 25.0 Å². The van der Waals surface area contributed by atoms with Crippen LogP contribution in [-0.4, -0.2) is 15.0 Å². The molecule has 8 aromatic rings. The summed E-state index contributed by atoms with van der Waals surface area (Å²) in [6.07, 6.45) is 3.62. The average Bonchev–Trinajstić information content (AvgIpc) is 3.41. The average molecular weight is 628 g/mol. The van der Waals surface area contributed by atoms with Gasteiger partial charge in [0, 0.05) is 34.5 Å². The van der Waals surface area contributed by atoms with E-state index in [2.05, 4.69) is 152 Å². The van der Waals surface area contributed by atoms with E-state index in [0.717, 1.165) is 39.2 Å². The van der Waals surface area contributed by atoms with Crippen LogP contribution in [0.3, 0.4) is 0 Å². The Bertz CT molecular complexity index is 2500. The predicted octanol–water partition coefficient (Wildman–Crippen LogP) is 11.7. The van der Waals surface area contributed by atoms with Crippen LogP contribution in [0.25, 0.3) is 78.1 Å². The van der Waals surface area contributed by atoms with Crippen molar-refractivity contribution >= 4 is 10.8 Å². The van der Waals surface area contributed by atoms with Crippen molar-refractivity contribution in [1.29, 1.82) is 0 Å². The van der Waals surface area contributed by atoms with Crippen LogP contribution in [-0.2, 0) is 5.41 Å². The molecule has 0 atom stereocenters. The Kier molecular flexibility index (Phi) is 6.80. The second-order valence-electron chi connectivity index (χ2n) is 13.3. The van der Waals surface area contributed by atoms with Crippen molar-refractivity contribution in [3.63, 3.8) is 0 Å². The number of aromatic nitrogens is 3. The molecule has 9 rings (SSSR count). The fraction of sp³-hybridized carbons (Fsp3) is 0.0652. The monoisotopic (exact) mass is 627 g/mol. The second-order valence-corrected chi connectivity index (χ2v) is 13.3. The number of rotatable bonds is 5. The van der Waals surface area contributed by atoms with Gasteiger partial charge in [-0.2, -0.15) is 0 Å². The third kappa shape index (κ3) is 5.03. The smallest absolute Gasteiger partial charge is 0.160 e. The van der Waals surface area contributed by atoms with Crippen LogP contribution in [0.5, 0.6) is 0 Å². The molecule has 0 unspecified atom stereocenters. The maximum absolute atomic E-state index is 5.15. The minimum Gasteiger partial charge on any atom is -0.265 e. The summed E-state index contributed by atoms with van der Waals surface area (Å²) in [5, 5.41) is 2.60. The number of benzene rings is 6. The maximum atomic E-state index is 5.15. The van der Waals surface area contributed by atoms with Crippen molar-refractivity contribution in [1.82, 2.24) is 15.0 Å². The first kappa shape index (κ1) is 29.0. The first-order valence-electron chi connectivity index (χ1n) is 16.8. The first-order valence-corrected chi connectivity index (χ1v) is 16.8. The molecule has 0 N–H and O–H groups in total. The summed E-state index contributed by atoms with van der Waals surface area (Å²) in [6.45, 7) is 4.70. The Morgan fingerprint density at radius 2 is 1.06 bits per heavy atom. The Labute approximate surface area is 286 Å². The van der Waals surface area contributed by atoms with Gasteiger partial charge >= 0.3 is 0 Å². The fourth-order valence-corrected chi connectivity index (χ4v) is 7.38. The van der Waals surface area contributed by atoms with Gasteiger partial charge in [0.1, 0.15) is 0 Å². The summed E-state index contributed by atoms with van der Waals surface area (Å²) in [6, 6.07) is 54.0. The largest absolute Gasteiger partial charge is 0.265 e. The number of fused-ring (bicyclic) bond motifs is 5. The zero-order valence-corrected chi connectivity index (χ0v) is 27.4. The lowest BCUT2D eigenvalue weighted by atomic mass is 9.81. The van der Waals surface area contributed by atoms with Gasteiger partial charge in [0.15, 0.2) is 5.82 Å². The molecule has 0 saturated carbocycles. The Balaban J connectivity index is 1.13. The highest BCUT2D eigenvalue weighted by Crippen LogP contribution is 2.52. The summed E-state index contributed by atoms with van der Waals surface area (Å²) in [4.78, 5) is 14.4. The molecule has 0 aliphatic heterocycles. The van der Waals surface area contributed by atoms with Crippen molar-refractivity contribution in [2.75, 3.05) is 0 Å². The first-order chi connectivity index (χ1) is 24.0. The van der Waals surface area contributed by atoms with E-state index in [0.29, 0.717) is 5.82 Å². The molecule has 2 heterocycles. The number of hydrogen-bond donors (Lipinski definition) is 0. The van der Waals surface area contributed by atoms with Crippen LogP contribution in [0, 0.1) is 0 Å². The zero-order chi connectivity index (χ0) is 33.0. The van der Waals surface area contributed by atoms with E-state index in [9.17, 15) is 0 Å². The van der Waals surface area contributed by atoms with Crippen LogP contribution in [0.2, 0.25) is 0 Å². The van der Waals surface area contributed by atoms with E-state index in [4.69, 9.17) is 9.97 Å². The van der Waals surface area contributed by atoms with Crippen LogP contribution in [0.4, 0.5) is 0 Å². The predicted molar refractivity (Wildman–Crippen MR) is 202 cm³/mol. The summed E-state index contributed by atoms with van der Waals surface area (Å²) in [7, 11) is 0. The topological polar surface area (TPSA) is 38.7 Å². The van der Waals surface area contributed by atoms with E-state index in [1.807, 2.05) is 30.6 Å². The van der Waals surface area contributed by atoms with Crippen LogP contribution in [0.15, 0.2) is 164 Å². The Hall–Kier alpha value is -6.19. The quantitative estimate of drug-likeness (QED) is 0.191. The summed E-state index contributed by atoms with van der Waals surface area (Å²) in [5.74, 6) is 0.693. The SMILES string of the molecule is CC1(C)c2cc(-c3cccc(-c4cc(-c5ccncc5)nc(-c5ccc(-c6ccccc6)cc5)n4)c3)ccc2-c2c1ccc1ccccc21. The van der Waals surface area contributed by atoms with Gasteiger partial charge in [-0.05, 0) is 85.6 Å². The fourth-order valence-electron chi connectivity index (χ4n) is 7.38. The molecule has 0 bridgehead atoms. The van der Waals surface area contributed by atoms with Gasteiger partial charge in [0.25, 0.3) is 0 Å². The van der Waals surface area contributed by atoms with E-state index in [-0.39, 0.29) is 5.41 Å². The highest BCUT2D eigenvalue weighted by atomic mass is 14.9. The third-order valence-corrected chi connectivity index (χ3v) is 10.0. The van der Waals surface area contributed by atoms with Crippen LogP contribution < -0.4 is 0 Å². The molecular weight excluding hydrogens is 595 g/mol. The molecule has 3 nitrogen and oxygen atoms in total. The lowest BCUT2D eigenvalue weighted by Gasteiger charge is -2.22. The van der Waals surface area contributed by atoms with Crippen molar-refractivity contribution in [2.45, 2.75) is 19.3 Å². The van der Waals surface area contributed by atoms with Crippen molar-refractivity contribution in [2.24, 2.45) is 0 Å². The number of nitrogens with zero attached hydrogens (tertiary/aromatic N) is 3. The second kappa shape index (κ2) is 11.5. The molecule has 1 aliphatic carbocycles. The number of hydrogen-bond acceptors (Lipinski definition) is 3. The van der Waals surface area contributed by atoms with Gasteiger partial charge in [0.05, 0.1) is 11.4 Å². The van der Waals surface area contributed by atoms with E-state index >= 15 is 0 Å². The van der Waals surface area contributed by atoms with Crippen molar-refractivity contribution in [3.05, 3.63) is 175 Å². The highest BCUT2D eigenvalue weighted by molar-refractivity contribution is 6.02. The van der Waals surface area contributed by atoms with Gasteiger partial charge in [-0.25, -0.2) is 9.97 Å². The molecule has 0 spiro atoms. The molecule has 2 aromatic heterocycles. The molecule has 6 aromatic carbocycles. The van der Waals surface area contributed by atoms with Crippen LogP contribution >= 0.6 is 0 Å². The molecule has 0 radical (unpaired) electrons. The molecule has 0 amide bonds. The third-order valence-electron chi connectivity index (χ3n) is 10.0. The summed E-state index contributed by atoms with van der Waals surface area (Å²) >= 11 is 0. The Morgan fingerprint density at radius 3 is 1.88 bits per heavy atom. The molecular formula is C46H33N3. The summed E-state index contributed by atoms with van der Waals surface area (Å²) in [5.41, 5.74) is 14.8. The molecule has 0 saturated heterocycles. The Morgan fingerprint density at radius 1 is 0.429 bits per heavy atom. The normalized spacial score (nSPS) is 12.9. The molecule has 1 aliphatic rings. The van der Waals surface area contributed by atoms with Gasteiger partial charge in [-0.3, -0.25) is 4.98 Å². The van der Waals surface area contributed by atoms with E-state index < -0.39 is 0 Å². The lowest BCUT2D eigenvalue weighted by Crippen LogP contribution is -2.15. The van der Waals surface area contributed by atoms with Gasteiger partial charge in [-0.15, -0.1) is 0 Å². The van der Waals surface area contributed by atoms with E-state index in [1.54, 1.807) is 0 Å². The van der Waals surface area contributed by atoms with Gasteiger partial charge < -0.3 is 0 Å².